The van der Waals surface area contributed by atoms with Gasteiger partial charge in [-0.05, 0) is 10.6 Å². The molecule has 0 bridgehead atoms. The molecule has 0 aliphatic rings. The molecule has 2 aromatic carbocycles. The molecule has 0 spiro atoms. The molecule has 0 fully saturated rings. The molecule has 0 radical (unpaired) electrons. The quantitative estimate of drug-likeness (QED) is 0.564. The molecule has 2 aromatic rings. The Labute approximate surface area is 119 Å². The molecule has 0 aromatic heterocycles. The minimum Gasteiger partial charge on any atom is -0.203 e. The molecule has 0 saturated carbocycles. The third kappa shape index (κ3) is 3.67. The minimum absolute atomic E-state index is 0.315. The largest absolute Gasteiger partial charge is 0.445 e. The maximum absolute atomic E-state index is 14.1. The fourth-order valence-corrected chi connectivity index (χ4v) is 3.76. The Kier molecular flexibility index (Phi) is 4.73. The van der Waals surface area contributed by atoms with Gasteiger partial charge in [0.05, 0.1) is 0 Å². The van der Waals surface area contributed by atoms with Crippen molar-refractivity contribution in [2.45, 2.75) is 6.18 Å². The van der Waals surface area contributed by atoms with Gasteiger partial charge in [0, 0.05) is 7.92 Å². The Morgan fingerprint density at radius 2 is 1.10 bits per heavy atom. The van der Waals surface area contributed by atoms with Gasteiger partial charge in [-0.2, -0.15) is 17.6 Å². The first-order valence-electron chi connectivity index (χ1n) is 5.94. The molecule has 21 heavy (non-hydrogen) atoms. The molecule has 2 rings (SSSR count). The number of allylic oxidation sites excluding steroid dienone is 1. The highest BCUT2D eigenvalue weighted by atomic mass is 31.1. The van der Waals surface area contributed by atoms with E-state index in [1.165, 1.54) is 24.3 Å². The van der Waals surface area contributed by atoms with E-state index in [2.05, 4.69) is 0 Å². The van der Waals surface area contributed by atoms with Crippen LogP contribution < -0.4 is 10.6 Å². The van der Waals surface area contributed by atoms with Crippen LogP contribution in [0.15, 0.2) is 72.1 Å². The summed E-state index contributed by atoms with van der Waals surface area (Å²) in [7, 11) is -2.20. The first kappa shape index (κ1) is 15.6. The molecule has 0 aliphatic heterocycles. The van der Waals surface area contributed by atoms with Crippen LogP contribution in [0, 0.1) is 0 Å². The highest BCUT2D eigenvalue weighted by Gasteiger charge is 2.40. The van der Waals surface area contributed by atoms with Crippen molar-refractivity contribution < 1.29 is 22.0 Å². The van der Waals surface area contributed by atoms with Crippen molar-refractivity contribution in [2.75, 3.05) is 0 Å². The summed E-state index contributed by atoms with van der Waals surface area (Å²) in [5.41, 5.74) is -1.77. The van der Waals surface area contributed by atoms with E-state index < -0.39 is 25.5 Å². The Morgan fingerprint density at radius 3 is 1.43 bits per heavy atom. The minimum atomic E-state index is -5.33. The van der Waals surface area contributed by atoms with E-state index in [9.17, 15) is 22.0 Å². The third-order valence-electron chi connectivity index (χ3n) is 2.66. The first-order valence-corrected chi connectivity index (χ1v) is 7.28. The summed E-state index contributed by atoms with van der Waals surface area (Å²) in [5, 5.41) is 0.631. The lowest BCUT2D eigenvalue weighted by atomic mass is 10.4. The molecule has 6 heteroatoms. The lowest BCUT2D eigenvalue weighted by Crippen LogP contribution is -2.16. The number of hydrogen-bond donors (Lipinski definition) is 0. The Balaban J connectivity index is 2.58. The van der Waals surface area contributed by atoms with Crippen molar-refractivity contribution in [1.82, 2.24) is 0 Å². The van der Waals surface area contributed by atoms with Crippen LogP contribution in [0.1, 0.15) is 0 Å². The predicted molar refractivity (Wildman–Crippen MR) is 74.4 cm³/mol. The van der Waals surface area contributed by atoms with Crippen LogP contribution in [0.2, 0.25) is 0 Å². The Hall–Kier alpha value is -1.74. The van der Waals surface area contributed by atoms with Crippen LogP contribution in [-0.2, 0) is 0 Å². The van der Waals surface area contributed by atoms with Gasteiger partial charge in [-0.1, -0.05) is 60.7 Å². The predicted octanol–water partition coefficient (Wildman–Crippen LogP) is 4.79. The van der Waals surface area contributed by atoms with E-state index in [1.807, 2.05) is 0 Å². The number of benzene rings is 2. The highest BCUT2D eigenvalue weighted by Crippen LogP contribution is 2.48. The molecule has 0 heterocycles. The van der Waals surface area contributed by atoms with Crippen LogP contribution in [0.4, 0.5) is 22.0 Å². The number of halogens is 5. The Bertz CT molecular complexity index is 580. The number of rotatable bonds is 3. The molecular formula is C15H10F5P. The fourth-order valence-electron chi connectivity index (χ4n) is 1.75. The van der Waals surface area contributed by atoms with Crippen LogP contribution in [0.25, 0.3) is 0 Å². The van der Waals surface area contributed by atoms with Gasteiger partial charge in [0.15, 0.2) is 5.57 Å². The highest BCUT2D eigenvalue weighted by molar-refractivity contribution is 7.76. The first-order chi connectivity index (χ1) is 9.91. The molecule has 110 valence electrons. The molecule has 0 amide bonds. The summed E-state index contributed by atoms with van der Waals surface area (Å²) in [6, 6.07) is 15.6. The average molecular weight is 316 g/mol. The van der Waals surface area contributed by atoms with Crippen LogP contribution in [-0.4, -0.2) is 6.18 Å². The van der Waals surface area contributed by atoms with Crippen molar-refractivity contribution in [2.24, 2.45) is 0 Å². The monoisotopic (exact) mass is 316 g/mol. The van der Waals surface area contributed by atoms with Crippen molar-refractivity contribution in [3.05, 3.63) is 72.1 Å². The molecule has 0 saturated heterocycles. The molecule has 0 nitrogen and oxygen atoms in total. The normalized spacial score (nSPS) is 13.2. The zero-order chi connectivity index (χ0) is 15.5. The lowest BCUT2D eigenvalue weighted by Gasteiger charge is -2.18. The molecule has 0 atom stereocenters. The van der Waals surface area contributed by atoms with Crippen molar-refractivity contribution in [1.29, 1.82) is 0 Å². The zero-order valence-electron chi connectivity index (χ0n) is 10.6. The van der Waals surface area contributed by atoms with Crippen LogP contribution in [0.5, 0.6) is 0 Å². The lowest BCUT2D eigenvalue weighted by molar-refractivity contribution is -0.110. The SMILES string of the molecule is F/C(=C(\F)C(F)(F)F)P(c1ccccc1)c1ccccc1. The summed E-state index contributed by atoms with van der Waals surface area (Å²) >= 11 is 0. The van der Waals surface area contributed by atoms with Crippen molar-refractivity contribution in [3.8, 4) is 0 Å². The van der Waals surface area contributed by atoms with Crippen LogP contribution >= 0.6 is 7.92 Å². The van der Waals surface area contributed by atoms with E-state index in [4.69, 9.17) is 0 Å². The van der Waals surface area contributed by atoms with E-state index in [-0.39, 0.29) is 0 Å². The zero-order valence-corrected chi connectivity index (χ0v) is 11.5. The summed E-state index contributed by atoms with van der Waals surface area (Å²) in [6.07, 6.45) is -5.33. The standard InChI is InChI=1S/C15H10F5P/c16-13(15(18,19)20)14(17)21(11-7-3-1-4-8-11)12-9-5-2-6-10-12/h1-10H/b14-13+. The second-order valence-corrected chi connectivity index (χ2v) is 6.21. The second-order valence-electron chi connectivity index (χ2n) is 4.11. The summed E-state index contributed by atoms with van der Waals surface area (Å²) < 4.78 is 64.7. The number of alkyl halides is 3. The average Bonchev–Trinajstić information content (AvgIpc) is 2.48. The second kappa shape index (κ2) is 6.35. The maximum Gasteiger partial charge on any atom is 0.445 e. The van der Waals surface area contributed by atoms with Gasteiger partial charge in [0.2, 0.25) is 5.83 Å². The van der Waals surface area contributed by atoms with Gasteiger partial charge in [-0.15, -0.1) is 0 Å². The van der Waals surface area contributed by atoms with Gasteiger partial charge >= 0.3 is 6.18 Å². The van der Waals surface area contributed by atoms with Crippen LogP contribution in [0.3, 0.4) is 0 Å². The van der Waals surface area contributed by atoms with Gasteiger partial charge in [-0.3, -0.25) is 0 Å². The Morgan fingerprint density at radius 1 is 0.714 bits per heavy atom. The third-order valence-corrected chi connectivity index (χ3v) is 4.87. The summed E-state index contributed by atoms with van der Waals surface area (Å²) in [6.45, 7) is 0. The fraction of sp³-hybridized carbons (Fsp3) is 0.0667. The van der Waals surface area contributed by atoms with Gasteiger partial charge < -0.3 is 0 Å². The summed E-state index contributed by atoms with van der Waals surface area (Å²) in [4.78, 5) is 0. The number of hydrogen-bond acceptors (Lipinski definition) is 0. The van der Waals surface area contributed by atoms with Crippen molar-refractivity contribution in [3.63, 3.8) is 0 Å². The van der Waals surface area contributed by atoms with Crippen molar-refractivity contribution >= 4 is 18.5 Å². The molecule has 0 N–H and O–H groups in total. The van der Waals surface area contributed by atoms with E-state index >= 15 is 0 Å². The van der Waals surface area contributed by atoms with E-state index in [1.54, 1.807) is 36.4 Å². The molecule has 0 unspecified atom stereocenters. The maximum atomic E-state index is 14.1. The van der Waals surface area contributed by atoms with E-state index in [0.717, 1.165) is 0 Å². The van der Waals surface area contributed by atoms with Gasteiger partial charge in [0.25, 0.3) is 0 Å². The van der Waals surface area contributed by atoms with Gasteiger partial charge in [-0.25, -0.2) is 4.39 Å². The topological polar surface area (TPSA) is 0 Å². The van der Waals surface area contributed by atoms with E-state index in [0.29, 0.717) is 10.6 Å². The molecular weight excluding hydrogens is 306 g/mol. The summed E-state index contributed by atoms with van der Waals surface area (Å²) in [5.74, 6) is -2.67. The van der Waals surface area contributed by atoms with Gasteiger partial charge in [0.1, 0.15) is 0 Å². The molecule has 0 aliphatic carbocycles. The smallest absolute Gasteiger partial charge is 0.203 e.